The van der Waals surface area contributed by atoms with Gasteiger partial charge < -0.3 is 9.73 Å². The third-order valence-electron chi connectivity index (χ3n) is 7.07. The summed E-state index contributed by atoms with van der Waals surface area (Å²) in [5, 5.41) is 8.39. The van der Waals surface area contributed by atoms with Gasteiger partial charge in [-0.2, -0.15) is 5.10 Å². The minimum atomic E-state index is -3.45. The fourth-order valence-corrected chi connectivity index (χ4v) is 5.83. The number of benzene rings is 3. The number of rotatable bonds is 6. The number of furan rings is 1. The third kappa shape index (κ3) is 4.63. The van der Waals surface area contributed by atoms with E-state index in [-0.39, 0.29) is 23.4 Å². The van der Waals surface area contributed by atoms with Gasteiger partial charge in [-0.1, -0.05) is 54.6 Å². The van der Waals surface area contributed by atoms with Gasteiger partial charge in [0.05, 0.1) is 11.4 Å². The van der Waals surface area contributed by atoms with Gasteiger partial charge in [-0.25, -0.2) is 8.42 Å². The minimum absolute atomic E-state index is 0.0379. The molecular formula is C30H27N3O4S. The zero-order valence-electron chi connectivity index (χ0n) is 21.1. The molecule has 8 heteroatoms. The first-order valence-corrected chi connectivity index (χ1v) is 14.4. The second-order valence-electron chi connectivity index (χ2n) is 9.93. The summed E-state index contributed by atoms with van der Waals surface area (Å²) in [6, 6.07) is 24.8. The van der Waals surface area contributed by atoms with E-state index in [1.54, 1.807) is 22.9 Å². The topological polar surface area (TPSA) is 94.2 Å². The molecule has 0 radical (unpaired) electrons. The monoisotopic (exact) mass is 525 g/mol. The lowest BCUT2D eigenvalue weighted by atomic mass is 10.1. The Balaban J connectivity index is 1.30. The van der Waals surface area contributed by atoms with Crippen molar-refractivity contribution >= 4 is 26.7 Å². The van der Waals surface area contributed by atoms with E-state index in [4.69, 9.17) is 4.42 Å². The van der Waals surface area contributed by atoms with Gasteiger partial charge in [0.1, 0.15) is 17.0 Å². The molecule has 1 aliphatic rings. The minimum Gasteiger partial charge on any atom is -0.456 e. The predicted octanol–water partition coefficient (Wildman–Crippen LogP) is 4.95. The van der Waals surface area contributed by atoms with Crippen molar-refractivity contribution in [1.82, 2.24) is 15.1 Å². The molecule has 3 aromatic carbocycles. The highest BCUT2D eigenvalue weighted by atomic mass is 32.2. The van der Waals surface area contributed by atoms with Crippen molar-refractivity contribution in [2.75, 3.05) is 6.26 Å². The van der Waals surface area contributed by atoms with Gasteiger partial charge in [-0.15, -0.1) is 0 Å². The maximum Gasteiger partial charge on any atom is 0.272 e. The van der Waals surface area contributed by atoms with Gasteiger partial charge in [-0.3, -0.25) is 9.48 Å². The number of hydrogen-bond donors (Lipinski definition) is 1. The molecule has 1 amide bonds. The lowest BCUT2D eigenvalue weighted by molar-refractivity contribution is 0.0932. The lowest BCUT2D eigenvalue weighted by Crippen LogP contribution is -2.35. The van der Waals surface area contributed by atoms with Gasteiger partial charge >= 0.3 is 0 Å². The highest BCUT2D eigenvalue weighted by molar-refractivity contribution is 7.90. The van der Waals surface area contributed by atoms with E-state index in [1.165, 1.54) is 17.4 Å². The van der Waals surface area contributed by atoms with Crippen LogP contribution in [0.5, 0.6) is 0 Å². The second kappa shape index (κ2) is 9.29. The maximum atomic E-state index is 13.0. The van der Waals surface area contributed by atoms with Crippen molar-refractivity contribution in [3.8, 4) is 11.3 Å². The van der Waals surface area contributed by atoms with Crippen LogP contribution >= 0.6 is 0 Å². The molecule has 0 saturated carbocycles. The SMILES string of the molecule is Cc1cc(C(=O)NC2Cc3ccccc3C2)nn1Cc1cc(S(C)(=O)=O)cc2cc(-c3ccccc3)oc12. The van der Waals surface area contributed by atoms with Crippen LogP contribution in [0.4, 0.5) is 0 Å². The van der Waals surface area contributed by atoms with Crippen LogP contribution in [0.15, 0.2) is 88.2 Å². The lowest BCUT2D eigenvalue weighted by Gasteiger charge is -2.10. The average Bonchev–Trinajstić information content (AvgIpc) is 3.60. The number of sulfone groups is 1. The fraction of sp³-hybridized carbons (Fsp3) is 0.200. The Morgan fingerprint density at radius 1 is 1.00 bits per heavy atom. The molecule has 5 aromatic rings. The molecule has 192 valence electrons. The average molecular weight is 526 g/mol. The van der Waals surface area contributed by atoms with E-state index >= 15 is 0 Å². The zero-order chi connectivity index (χ0) is 26.4. The Kier molecular flexibility index (Phi) is 5.91. The number of carbonyl (C=O) groups excluding carboxylic acids is 1. The molecule has 1 N–H and O–H groups in total. The predicted molar refractivity (Wildman–Crippen MR) is 146 cm³/mol. The number of fused-ring (bicyclic) bond motifs is 2. The molecule has 7 nitrogen and oxygen atoms in total. The van der Waals surface area contributed by atoms with Gasteiger partial charge in [0.15, 0.2) is 9.84 Å². The Morgan fingerprint density at radius 3 is 2.37 bits per heavy atom. The first-order valence-electron chi connectivity index (χ1n) is 12.5. The van der Waals surface area contributed by atoms with Crippen molar-refractivity contribution in [1.29, 1.82) is 0 Å². The second-order valence-corrected chi connectivity index (χ2v) is 11.9. The van der Waals surface area contributed by atoms with E-state index in [1.807, 2.05) is 55.5 Å². The van der Waals surface area contributed by atoms with Crippen molar-refractivity contribution in [3.05, 3.63) is 107 Å². The van der Waals surface area contributed by atoms with Crippen LogP contribution in [-0.2, 0) is 29.2 Å². The molecule has 2 heterocycles. The van der Waals surface area contributed by atoms with Crippen LogP contribution in [0.3, 0.4) is 0 Å². The summed E-state index contributed by atoms with van der Waals surface area (Å²) < 4.78 is 32.9. The van der Waals surface area contributed by atoms with Crippen LogP contribution in [0.1, 0.15) is 32.9 Å². The molecule has 0 aliphatic heterocycles. The summed E-state index contributed by atoms with van der Waals surface area (Å²) in [5.41, 5.74) is 5.83. The number of nitrogens with one attached hydrogen (secondary N) is 1. The van der Waals surface area contributed by atoms with Crippen LogP contribution < -0.4 is 5.32 Å². The molecule has 1 aliphatic carbocycles. The molecular weight excluding hydrogens is 498 g/mol. The van der Waals surface area contributed by atoms with E-state index in [9.17, 15) is 13.2 Å². The van der Waals surface area contributed by atoms with Crippen LogP contribution in [0.25, 0.3) is 22.3 Å². The number of aromatic nitrogens is 2. The Labute approximate surface area is 221 Å². The van der Waals surface area contributed by atoms with Crippen LogP contribution in [0.2, 0.25) is 0 Å². The molecule has 0 spiro atoms. The van der Waals surface area contributed by atoms with Gasteiger partial charge in [0, 0.05) is 34.5 Å². The van der Waals surface area contributed by atoms with Crippen LogP contribution in [0, 0.1) is 6.92 Å². The summed E-state index contributed by atoms with van der Waals surface area (Å²) in [7, 11) is -3.45. The Morgan fingerprint density at radius 2 is 1.68 bits per heavy atom. The molecule has 38 heavy (non-hydrogen) atoms. The van der Waals surface area contributed by atoms with Crippen molar-refractivity contribution in [2.45, 2.75) is 37.2 Å². The summed E-state index contributed by atoms with van der Waals surface area (Å²) in [6.45, 7) is 2.14. The Hall–Kier alpha value is -4.17. The molecule has 2 aromatic heterocycles. The number of hydrogen-bond acceptors (Lipinski definition) is 5. The third-order valence-corrected chi connectivity index (χ3v) is 8.17. The molecule has 0 unspecified atom stereocenters. The summed E-state index contributed by atoms with van der Waals surface area (Å²) in [4.78, 5) is 13.3. The molecule has 0 bridgehead atoms. The smallest absolute Gasteiger partial charge is 0.272 e. The van der Waals surface area contributed by atoms with Crippen molar-refractivity contribution in [3.63, 3.8) is 0 Å². The standard InChI is InChI=1S/C30H27N3O4S/c1-19-12-27(30(34)31-25-13-21-10-6-7-11-22(21)14-25)32-33(19)18-24-16-26(38(2,35)36)15-23-17-28(37-29(23)24)20-8-4-3-5-9-20/h3-12,15-17,25H,13-14,18H2,1-2H3,(H,31,34). The summed E-state index contributed by atoms with van der Waals surface area (Å²) in [5.74, 6) is 0.436. The van der Waals surface area contributed by atoms with E-state index in [0.29, 0.717) is 28.0 Å². The van der Waals surface area contributed by atoms with Gasteiger partial charge in [0.2, 0.25) is 0 Å². The fourth-order valence-electron chi connectivity index (χ4n) is 5.13. The molecule has 0 atom stereocenters. The largest absolute Gasteiger partial charge is 0.456 e. The summed E-state index contributed by atoms with van der Waals surface area (Å²) in [6.07, 6.45) is 2.80. The molecule has 6 rings (SSSR count). The normalized spacial score (nSPS) is 13.6. The van der Waals surface area contributed by atoms with E-state index in [2.05, 4.69) is 22.5 Å². The van der Waals surface area contributed by atoms with Crippen molar-refractivity contribution < 1.29 is 17.6 Å². The molecule has 0 saturated heterocycles. The van der Waals surface area contributed by atoms with E-state index < -0.39 is 9.84 Å². The highest BCUT2D eigenvalue weighted by Gasteiger charge is 2.24. The van der Waals surface area contributed by atoms with Crippen LogP contribution in [-0.4, -0.2) is 36.4 Å². The zero-order valence-corrected chi connectivity index (χ0v) is 22.0. The maximum absolute atomic E-state index is 13.0. The number of carbonyl (C=O) groups is 1. The summed E-state index contributed by atoms with van der Waals surface area (Å²) >= 11 is 0. The number of nitrogens with zero attached hydrogens (tertiary/aromatic N) is 2. The first-order chi connectivity index (χ1) is 18.2. The van der Waals surface area contributed by atoms with E-state index in [0.717, 1.165) is 24.1 Å². The molecule has 0 fully saturated rings. The Bertz CT molecular complexity index is 1760. The van der Waals surface area contributed by atoms with Gasteiger partial charge in [-0.05, 0) is 55.2 Å². The van der Waals surface area contributed by atoms with Gasteiger partial charge in [0.25, 0.3) is 5.91 Å². The highest BCUT2D eigenvalue weighted by Crippen LogP contribution is 2.32. The van der Waals surface area contributed by atoms with Crippen molar-refractivity contribution in [2.24, 2.45) is 0 Å². The quantitative estimate of drug-likeness (QED) is 0.338. The number of aryl methyl sites for hydroxylation is 1. The first kappa shape index (κ1) is 24.2. The number of amides is 1.